The first-order valence-electron chi connectivity index (χ1n) is 3.47. The molecule has 4 nitrogen and oxygen atoms in total. The summed E-state index contributed by atoms with van der Waals surface area (Å²) in [5.74, 6) is 0. The van der Waals surface area contributed by atoms with E-state index in [-0.39, 0.29) is 0 Å². The highest BCUT2D eigenvalue weighted by Gasteiger charge is 2.00. The molecule has 1 atom stereocenters. The van der Waals surface area contributed by atoms with E-state index in [9.17, 15) is 0 Å². The van der Waals surface area contributed by atoms with Gasteiger partial charge in [-0.2, -0.15) is 0 Å². The lowest BCUT2D eigenvalue weighted by atomic mass is 10.2. The molecule has 1 rings (SSSR count). The summed E-state index contributed by atoms with van der Waals surface area (Å²) in [4.78, 5) is 4.01. The third kappa shape index (κ3) is 5.51. The van der Waals surface area contributed by atoms with E-state index in [0.717, 1.165) is 11.3 Å². The van der Waals surface area contributed by atoms with Crippen LogP contribution < -0.4 is 5.14 Å². The Morgan fingerprint density at radius 1 is 1.50 bits per heavy atom. The largest absolute Gasteiger partial charge is 0.760 e. The molecule has 0 saturated carbocycles. The summed E-state index contributed by atoms with van der Waals surface area (Å²) in [5.41, 5.74) is 1.99. The molecule has 0 amide bonds. The highest BCUT2D eigenvalue weighted by molar-refractivity contribution is 7.76. The number of pyridine rings is 1. The summed E-state index contributed by atoms with van der Waals surface area (Å²) < 4.78 is 17.6. The van der Waals surface area contributed by atoms with Crippen molar-refractivity contribution in [3.8, 4) is 0 Å². The average molecular weight is 256 g/mol. The molecule has 0 aliphatic carbocycles. The fourth-order valence-corrected chi connectivity index (χ4v) is 1.03. The van der Waals surface area contributed by atoms with Crippen LogP contribution in [0.15, 0.2) is 6.07 Å². The zero-order valence-corrected chi connectivity index (χ0v) is 9.91. The van der Waals surface area contributed by atoms with Gasteiger partial charge in [0.2, 0.25) is 0 Å². The summed E-state index contributed by atoms with van der Waals surface area (Å²) in [7, 11) is 0. The minimum Gasteiger partial charge on any atom is -0.760 e. The molecule has 0 saturated heterocycles. The highest BCUT2D eigenvalue weighted by atomic mass is 35.5. The molecule has 2 N–H and O–H groups in total. The van der Waals surface area contributed by atoms with Crippen LogP contribution in [0.2, 0.25) is 10.2 Å². The van der Waals surface area contributed by atoms with Gasteiger partial charge < -0.3 is 4.55 Å². The Morgan fingerprint density at radius 2 is 1.93 bits per heavy atom. The molecule has 0 radical (unpaired) electrons. The fourth-order valence-electron chi connectivity index (χ4n) is 0.643. The first-order valence-corrected chi connectivity index (χ1v) is 5.37. The van der Waals surface area contributed by atoms with Gasteiger partial charge in [0.05, 0.1) is 5.02 Å². The SMILES string of the molecule is Cc1cc(Cl)c(Cl)nc1C.NS(=O)[O-]. The molecule has 0 aliphatic rings. The van der Waals surface area contributed by atoms with Gasteiger partial charge in [-0.25, -0.2) is 4.98 Å². The van der Waals surface area contributed by atoms with E-state index < -0.39 is 11.3 Å². The summed E-state index contributed by atoms with van der Waals surface area (Å²) in [6.07, 6.45) is 0. The minimum absolute atomic E-state index is 0.379. The Labute approximate surface area is 94.8 Å². The van der Waals surface area contributed by atoms with Crippen LogP contribution >= 0.6 is 23.2 Å². The van der Waals surface area contributed by atoms with Crippen LogP contribution in [0, 0.1) is 13.8 Å². The second kappa shape index (κ2) is 6.31. The van der Waals surface area contributed by atoms with Crippen molar-refractivity contribution >= 4 is 34.5 Å². The van der Waals surface area contributed by atoms with Crippen molar-refractivity contribution in [3.05, 3.63) is 27.5 Å². The van der Waals surface area contributed by atoms with E-state index in [4.69, 9.17) is 32.0 Å². The average Bonchev–Trinajstić information content (AvgIpc) is 2.00. The number of hydrogen-bond acceptors (Lipinski definition) is 3. The summed E-state index contributed by atoms with van der Waals surface area (Å²) in [5, 5.41) is 4.93. The molecule has 0 bridgehead atoms. The molecule has 1 heterocycles. The molecule has 80 valence electrons. The van der Waals surface area contributed by atoms with Gasteiger partial charge in [0.25, 0.3) is 0 Å². The molecule has 7 heteroatoms. The van der Waals surface area contributed by atoms with Crippen molar-refractivity contribution in [2.75, 3.05) is 0 Å². The predicted octanol–water partition coefficient (Wildman–Crippen LogP) is 1.74. The van der Waals surface area contributed by atoms with E-state index >= 15 is 0 Å². The minimum atomic E-state index is -2.36. The highest BCUT2D eigenvalue weighted by Crippen LogP contribution is 2.21. The van der Waals surface area contributed by atoms with Crippen molar-refractivity contribution in [2.45, 2.75) is 13.8 Å². The van der Waals surface area contributed by atoms with Crippen LogP contribution in [0.1, 0.15) is 11.3 Å². The number of nitrogens with zero attached hydrogens (tertiary/aromatic N) is 1. The second-order valence-corrected chi connectivity index (χ2v) is 3.71. The maximum Gasteiger partial charge on any atom is 0.147 e. The molecular weight excluding hydrogens is 247 g/mol. The second-order valence-electron chi connectivity index (χ2n) is 2.42. The number of hydrogen-bond donors (Lipinski definition) is 1. The lowest BCUT2D eigenvalue weighted by Crippen LogP contribution is -1.97. The normalized spacial score (nSPS) is 11.6. The number of aromatic nitrogens is 1. The maximum absolute atomic E-state index is 8.78. The van der Waals surface area contributed by atoms with Crippen LogP contribution in [0.3, 0.4) is 0 Å². The third-order valence-electron chi connectivity index (χ3n) is 1.38. The van der Waals surface area contributed by atoms with Crippen LogP contribution in [0.25, 0.3) is 0 Å². The zero-order chi connectivity index (χ0) is 11.3. The first kappa shape index (κ1) is 13.8. The van der Waals surface area contributed by atoms with Crippen molar-refractivity contribution in [3.63, 3.8) is 0 Å². The lowest BCUT2D eigenvalue weighted by molar-refractivity contribution is 0.539. The van der Waals surface area contributed by atoms with Crippen molar-refractivity contribution in [1.82, 2.24) is 4.98 Å². The Hall–Kier alpha value is -0.200. The fraction of sp³-hybridized carbons (Fsp3) is 0.286. The van der Waals surface area contributed by atoms with Gasteiger partial charge in [-0.15, -0.1) is 0 Å². The number of nitrogens with two attached hydrogens (primary N) is 1. The van der Waals surface area contributed by atoms with Crippen molar-refractivity contribution in [2.24, 2.45) is 5.14 Å². The molecule has 1 aromatic heterocycles. The van der Waals surface area contributed by atoms with E-state index in [0.29, 0.717) is 10.2 Å². The van der Waals surface area contributed by atoms with E-state index in [1.54, 1.807) is 0 Å². The Morgan fingerprint density at radius 3 is 2.29 bits per heavy atom. The van der Waals surface area contributed by atoms with Gasteiger partial charge in [0, 0.05) is 17.0 Å². The molecule has 1 aromatic rings. The summed E-state index contributed by atoms with van der Waals surface area (Å²) in [6, 6.07) is 1.81. The lowest BCUT2D eigenvalue weighted by Gasteiger charge is -1.99. The number of aryl methyl sites for hydroxylation is 2. The van der Waals surface area contributed by atoms with Gasteiger partial charge >= 0.3 is 0 Å². The van der Waals surface area contributed by atoms with Gasteiger partial charge in [-0.3, -0.25) is 9.35 Å². The molecule has 14 heavy (non-hydrogen) atoms. The van der Waals surface area contributed by atoms with Crippen LogP contribution in [-0.2, 0) is 11.3 Å². The maximum atomic E-state index is 8.78. The van der Waals surface area contributed by atoms with Gasteiger partial charge in [0.15, 0.2) is 0 Å². The topological polar surface area (TPSA) is 79.0 Å². The van der Waals surface area contributed by atoms with Gasteiger partial charge in [0.1, 0.15) is 5.15 Å². The summed E-state index contributed by atoms with van der Waals surface area (Å²) >= 11 is 8.97. The van der Waals surface area contributed by atoms with E-state index in [1.807, 2.05) is 19.9 Å². The Bertz CT molecular complexity index is 292. The van der Waals surface area contributed by atoms with Crippen LogP contribution in [0.5, 0.6) is 0 Å². The summed E-state index contributed by atoms with van der Waals surface area (Å²) in [6.45, 7) is 3.85. The van der Waals surface area contributed by atoms with E-state index in [1.165, 1.54) is 0 Å². The monoisotopic (exact) mass is 255 g/mol. The van der Waals surface area contributed by atoms with Crippen LogP contribution in [0.4, 0.5) is 0 Å². The molecule has 1 unspecified atom stereocenters. The van der Waals surface area contributed by atoms with E-state index in [2.05, 4.69) is 10.1 Å². The Balaban J connectivity index is 0.000000364. The zero-order valence-electron chi connectivity index (χ0n) is 7.58. The standard InChI is InChI=1S/C7H7Cl2N.H3NO2S/c1-4-3-6(8)7(9)10-5(4)2;1-4(2)3/h3H,1-2H3;1H2,(H,2,3)/p-1. The third-order valence-corrected chi connectivity index (χ3v) is 2.05. The molecule has 0 aliphatic heterocycles. The quantitative estimate of drug-likeness (QED) is 0.567. The smallest absolute Gasteiger partial charge is 0.147 e. The Kier molecular flexibility index (Phi) is 6.22. The van der Waals surface area contributed by atoms with Crippen LogP contribution in [-0.4, -0.2) is 13.7 Å². The molecular formula is C7H9Cl2N2O2S-. The predicted molar refractivity (Wildman–Crippen MR) is 56.8 cm³/mol. The van der Waals surface area contributed by atoms with Crippen molar-refractivity contribution < 1.29 is 8.76 Å². The molecule has 0 spiro atoms. The first-order chi connectivity index (χ1) is 6.34. The van der Waals surface area contributed by atoms with Gasteiger partial charge in [-0.05, 0) is 25.5 Å². The number of rotatable bonds is 0. The molecule has 0 aromatic carbocycles. The van der Waals surface area contributed by atoms with Crippen molar-refractivity contribution in [1.29, 1.82) is 0 Å². The number of halogens is 2. The van der Waals surface area contributed by atoms with Gasteiger partial charge in [-0.1, -0.05) is 23.2 Å². The molecule has 0 fully saturated rings.